The Bertz CT molecular complexity index is 920. The van der Waals surface area contributed by atoms with Gasteiger partial charge in [-0.15, -0.1) is 11.3 Å². The zero-order valence-electron chi connectivity index (χ0n) is 15.1. The van der Waals surface area contributed by atoms with Gasteiger partial charge in [-0.2, -0.15) is 4.98 Å². The third-order valence-electron chi connectivity index (χ3n) is 4.63. The molecule has 6 nitrogen and oxygen atoms in total. The third-order valence-corrected chi connectivity index (χ3v) is 5.49. The van der Waals surface area contributed by atoms with Gasteiger partial charge in [0.05, 0.1) is 11.4 Å². The summed E-state index contributed by atoms with van der Waals surface area (Å²) >= 11 is 1.54. The summed E-state index contributed by atoms with van der Waals surface area (Å²) in [6.45, 7) is 1.91. The molecule has 0 fully saturated rings. The number of aryl methyl sites for hydroxylation is 2. The molecular formula is C20H21N3O3S. The van der Waals surface area contributed by atoms with E-state index in [-0.39, 0.29) is 12.5 Å². The number of carbonyl (C=O) groups excluding carboxylic acids is 1. The van der Waals surface area contributed by atoms with Crippen LogP contribution in [0.3, 0.4) is 0 Å². The Morgan fingerprint density at radius 3 is 2.96 bits per heavy atom. The van der Waals surface area contributed by atoms with Gasteiger partial charge in [-0.1, -0.05) is 17.3 Å². The number of carbonyl (C=O) groups is 1. The Balaban J connectivity index is 1.32. The number of fused-ring (bicyclic) bond motifs is 1. The van der Waals surface area contributed by atoms with Gasteiger partial charge in [0.25, 0.3) is 5.91 Å². The monoisotopic (exact) mass is 383 g/mol. The average Bonchev–Trinajstić information content (AvgIpc) is 3.37. The van der Waals surface area contributed by atoms with Crippen molar-refractivity contribution in [3.8, 4) is 16.5 Å². The molecule has 0 bridgehead atoms. The van der Waals surface area contributed by atoms with E-state index in [1.807, 2.05) is 23.6 Å². The Hall–Kier alpha value is -2.67. The molecule has 0 saturated heterocycles. The molecule has 1 N–H and O–H groups in total. The summed E-state index contributed by atoms with van der Waals surface area (Å²) in [5, 5.41) is 8.67. The first-order chi connectivity index (χ1) is 13.2. The number of ether oxygens (including phenoxy) is 1. The summed E-state index contributed by atoms with van der Waals surface area (Å²) in [6, 6.07) is 9.96. The standard InChI is InChI=1S/C20H21N3O3S/c1-13(25-16-9-8-14-5-2-3-6-15(14)11-16)20(24)21-12-18-22-19(23-26-18)17-7-4-10-27-17/h4,7-11,13H,2-3,5-6,12H2,1H3,(H,21,24). The molecule has 1 aliphatic carbocycles. The number of hydrogen-bond acceptors (Lipinski definition) is 6. The van der Waals surface area contributed by atoms with Gasteiger partial charge in [0.1, 0.15) is 5.75 Å². The van der Waals surface area contributed by atoms with Crippen LogP contribution in [0, 0.1) is 0 Å². The highest BCUT2D eigenvalue weighted by atomic mass is 32.1. The number of nitrogens with one attached hydrogen (secondary N) is 1. The largest absolute Gasteiger partial charge is 0.481 e. The van der Waals surface area contributed by atoms with Crippen LogP contribution in [0.15, 0.2) is 40.2 Å². The second kappa shape index (κ2) is 7.92. The molecule has 1 amide bonds. The van der Waals surface area contributed by atoms with Crippen LogP contribution in [-0.2, 0) is 24.2 Å². The lowest BCUT2D eigenvalue weighted by molar-refractivity contribution is -0.127. The van der Waals surface area contributed by atoms with Crippen molar-refractivity contribution in [1.29, 1.82) is 0 Å². The number of nitrogens with zero attached hydrogens (tertiary/aromatic N) is 2. The number of rotatable bonds is 6. The van der Waals surface area contributed by atoms with Gasteiger partial charge in [-0.25, -0.2) is 0 Å². The van der Waals surface area contributed by atoms with E-state index < -0.39 is 6.10 Å². The van der Waals surface area contributed by atoms with Crippen molar-refractivity contribution in [2.75, 3.05) is 0 Å². The maximum atomic E-state index is 12.3. The molecule has 140 valence electrons. The predicted molar refractivity (Wildman–Crippen MR) is 103 cm³/mol. The van der Waals surface area contributed by atoms with Crippen LogP contribution < -0.4 is 10.1 Å². The predicted octanol–water partition coefficient (Wildman–Crippen LogP) is 3.76. The van der Waals surface area contributed by atoms with E-state index in [1.165, 1.54) is 35.3 Å². The quantitative estimate of drug-likeness (QED) is 0.701. The molecule has 0 aliphatic heterocycles. The minimum Gasteiger partial charge on any atom is -0.481 e. The van der Waals surface area contributed by atoms with Crippen LogP contribution in [0.4, 0.5) is 0 Å². The third kappa shape index (κ3) is 4.19. The topological polar surface area (TPSA) is 77.2 Å². The SMILES string of the molecule is CC(Oc1ccc2c(c1)CCCC2)C(=O)NCc1nc(-c2cccs2)no1. The van der Waals surface area contributed by atoms with E-state index in [4.69, 9.17) is 9.26 Å². The van der Waals surface area contributed by atoms with Gasteiger partial charge < -0.3 is 14.6 Å². The van der Waals surface area contributed by atoms with Crippen LogP contribution >= 0.6 is 11.3 Å². The molecule has 3 aromatic rings. The normalized spacial score (nSPS) is 14.4. The number of amides is 1. The maximum Gasteiger partial charge on any atom is 0.261 e. The Kier molecular flexibility index (Phi) is 5.20. The van der Waals surface area contributed by atoms with Crippen molar-refractivity contribution < 1.29 is 14.1 Å². The van der Waals surface area contributed by atoms with Gasteiger partial charge in [-0.3, -0.25) is 4.79 Å². The Morgan fingerprint density at radius 1 is 1.30 bits per heavy atom. The fraction of sp³-hybridized carbons (Fsp3) is 0.350. The summed E-state index contributed by atoms with van der Waals surface area (Å²) < 4.78 is 11.0. The van der Waals surface area contributed by atoms with Crippen molar-refractivity contribution in [1.82, 2.24) is 15.5 Å². The molecule has 1 unspecified atom stereocenters. The molecule has 27 heavy (non-hydrogen) atoms. The minimum absolute atomic E-state index is 0.176. The first-order valence-electron chi connectivity index (χ1n) is 9.11. The first kappa shape index (κ1) is 17.7. The van der Waals surface area contributed by atoms with Gasteiger partial charge in [0.15, 0.2) is 6.10 Å². The van der Waals surface area contributed by atoms with E-state index in [2.05, 4.69) is 27.6 Å². The number of aromatic nitrogens is 2. The van der Waals surface area contributed by atoms with E-state index in [0.717, 1.165) is 23.5 Å². The fourth-order valence-corrected chi connectivity index (χ4v) is 3.83. The molecule has 7 heteroatoms. The second-order valence-electron chi connectivity index (χ2n) is 6.60. The highest BCUT2D eigenvalue weighted by Gasteiger charge is 2.18. The number of hydrogen-bond donors (Lipinski definition) is 1. The minimum atomic E-state index is -0.605. The number of benzene rings is 1. The zero-order valence-corrected chi connectivity index (χ0v) is 15.9. The molecular weight excluding hydrogens is 362 g/mol. The maximum absolute atomic E-state index is 12.3. The molecule has 1 aromatic carbocycles. The second-order valence-corrected chi connectivity index (χ2v) is 7.55. The molecule has 0 spiro atoms. The average molecular weight is 383 g/mol. The molecule has 2 aromatic heterocycles. The van der Waals surface area contributed by atoms with Gasteiger partial charge in [0.2, 0.25) is 11.7 Å². The van der Waals surface area contributed by atoms with Crippen LogP contribution in [0.5, 0.6) is 5.75 Å². The summed E-state index contributed by atoms with van der Waals surface area (Å²) in [7, 11) is 0. The van der Waals surface area contributed by atoms with E-state index in [1.54, 1.807) is 6.92 Å². The fourth-order valence-electron chi connectivity index (χ4n) is 3.18. The molecule has 1 atom stereocenters. The van der Waals surface area contributed by atoms with Gasteiger partial charge in [-0.05, 0) is 67.3 Å². The number of thiophene rings is 1. The van der Waals surface area contributed by atoms with Crippen LogP contribution in [0.2, 0.25) is 0 Å². The van der Waals surface area contributed by atoms with Crippen molar-refractivity contribution in [3.63, 3.8) is 0 Å². The molecule has 4 rings (SSSR count). The van der Waals surface area contributed by atoms with Crippen LogP contribution in [0.1, 0.15) is 36.8 Å². The van der Waals surface area contributed by atoms with Gasteiger partial charge >= 0.3 is 0 Å². The van der Waals surface area contributed by atoms with Crippen LogP contribution in [-0.4, -0.2) is 22.2 Å². The summed E-state index contributed by atoms with van der Waals surface area (Å²) in [5.74, 6) is 1.42. The molecule has 1 aliphatic rings. The lowest BCUT2D eigenvalue weighted by Crippen LogP contribution is -2.36. The van der Waals surface area contributed by atoms with Crippen molar-refractivity contribution >= 4 is 17.2 Å². The van der Waals surface area contributed by atoms with E-state index in [9.17, 15) is 4.79 Å². The highest BCUT2D eigenvalue weighted by Crippen LogP contribution is 2.26. The van der Waals surface area contributed by atoms with Crippen molar-refractivity contribution in [2.45, 2.75) is 45.3 Å². The van der Waals surface area contributed by atoms with Gasteiger partial charge in [0, 0.05) is 0 Å². The molecule has 2 heterocycles. The highest BCUT2D eigenvalue weighted by molar-refractivity contribution is 7.13. The zero-order chi connectivity index (χ0) is 18.6. The Labute approximate surface area is 161 Å². The van der Waals surface area contributed by atoms with E-state index >= 15 is 0 Å². The van der Waals surface area contributed by atoms with Crippen molar-refractivity contribution in [3.05, 3.63) is 52.7 Å². The van der Waals surface area contributed by atoms with Crippen LogP contribution in [0.25, 0.3) is 10.7 Å². The lowest BCUT2D eigenvalue weighted by Gasteiger charge is -2.19. The Morgan fingerprint density at radius 2 is 2.15 bits per heavy atom. The molecule has 0 saturated carbocycles. The first-order valence-corrected chi connectivity index (χ1v) is 9.99. The molecule has 0 radical (unpaired) electrons. The lowest BCUT2D eigenvalue weighted by atomic mass is 9.92. The summed E-state index contributed by atoms with van der Waals surface area (Å²) in [5.41, 5.74) is 2.72. The smallest absolute Gasteiger partial charge is 0.261 e. The van der Waals surface area contributed by atoms with Crippen molar-refractivity contribution in [2.24, 2.45) is 0 Å². The summed E-state index contributed by atoms with van der Waals surface area (Å²) in [4.78, 5) is 17.5. The van der Waals surface area contributed by atoms with E-state index in [0.29, 0.717) is 11.7 Å². The summed E-state index contributed by atoms with van der Waals surface area (Å²) in [6.07, 6.45) is 4.06.